The van der Waals surface area contributed by atoms with Gasteiger partial charge in [0.05, 0.1) is 13.5 Å². The molecule has 2 aromatic carbocycles. The van der Waals surface area contributed by atoms with Crippen LogP contribution in [0, 0.1) is 0 Å². The Bertz CT molecular complexity index is 819. The van der Waals surface area contributed by atoms with Gasteiger partial charge in [0.2, 0.25) is 0 Å². The zero-order valence-electron chi connectivity index (χ0n) is 17.8. The van der Waals surface area contributed by atoms with Crippen LogP contribution < -0.4 is 4.74 Å². The number of allylic oxidation sites excluding steroid dienone is 2. The van der Waals surface area contributed by atoms with Crippen LogP contribution >= 0.6 is 0 Å². The summed E-state index contributed by atoms with van der Waals surface area (Å²) in [6.07, 6.45) is 12.9. The molecule has 29 heavy (non-hydrogen) atoms. The van der Waals surface area contributed by atoms with E-state index < -0.39 is 0 Å². The van der Waals surface area contributed by atoms with Crippen LogP contribution in [0.25, 0.3) is 12.2 Å². The topological polar surface area (TPSA) is 35.5 Å². The van der Waals surface area contributed by atoms with E-state index in [-0.39, 0.29) is 12.4 Å². The van der Waals surface area contributed by atoms with E-state index in [4.69, 9.17) is 9.47 Å². The molecule has 154 valence electrons. The molecule has 2 aromatic rings. The van der Waals surface area contributed by atoms with Gasteiger partial charge in [-0.2, -0.15) is 0 Å². The Morgan fingerprint density at radius 3 is 2.31 bits per heavy atom. The molecule has 0 saturated heterocycles. The summed E-state index contributed by atoms with van der Waals surface area (Å²) in [6, 6.07) is 14.2. The predicted octanol–water partition coefficient (Wildman–Crippen LogP) is 6.61. The number of benzene rings is 2. The fourth-order valence-electron chi connectivity index (χ4n) is 2.99. The molecule has 0 aliphatic rings. The number of hydrogen-bond donors (Lipinski definition) is 0. The third-order valence-electron chi connectivity index (χ3n) is 4.52. The molecule has 0 bridgehead atoms. The molecule has 3 heteroatoms. The van der Waals surface area contributed by atoms with Crippen molar-refractivity contribution in [3.05, 3.63) is 76.9 Å². The Morgan fingerprint density at radius 1 is 0.966 bits per heavy atom. The lowest BCUT2D eigenvalue weighted by atomic mass is 10.00. The minimum atomic E-state index is -0.271. The molecule has 0 aromatic heterocycles. The number of methoxy groups -OCH3 is 1. The van der Waals surface area contributed by atoms with Crippen LogP contribution in [-0.2, 0) is 22.6 Å². The lowest BCUT2D eigenvalue weighted by molar-refractivity contribution is -0.139. The fourth-order valence-corrected chi connectivity index (χ4v) is 2.99. The molecule has 0 fully saturated rings. The number of hydrogen-bond acceptors (Lipinski definition) is 3. The molecule has 0 radical (unpaired) electrons. The van der Waals surface area contributed by atoms with Crippen LogP contribution in [0.3, 0.4) is 0 Å². The van der Waals surface area contributed by atoms with E-state index in [2.05, 4.69) is 44.2 Å². The first kappa shape index (κ1) is 22.5. The molecule has 3 nitrogen and oxygen atoms in total. The smallest absolute Gasteiger partial charge is 0.310 e. The molecule has 0 heterocycles. The summed E-state index contributed by atoms with van der Waals surface area (Å²) in [5, 5.41) is 0. The van der Waals surface area contributed by atoms with Crippen molar-refractivity contribution in [1.29, 1.82) is 0 Å². The minimum absolute atomic E-state index is 0.185. The second-order valence-corrected chi connectivity index (χ2v) is 7.01. The predicted molar refractivity (Wildman–Crippen MR) is 121 cm³/mol. The van der Waals surface area contributed by atoms with Crippen LogP contribution in [-0.4, -0.2) is 13.1 Å². The molecule has 0 atom stereocenters. The molecule has 2 rings (SSSR count). The van der Waals surface area contributed by atoms with E-state index in [1.807, 2.05) is 36.4 Å². The van der Waals surface area contributed by atoms with Crippen molar-refractivity contribution in [2.45, 2.75) is 52.6 Å². The highest BCUT2D eigenvalue weighted by molar-refractivity contribution is 5.76. The summed E-state index contributed by atoms with van der Waals surface area (Å²) < 4.78 is 11.1. The molecule has 0 unspecified atom stereocenters. The van der Waals surface area contributed by atoms with Crippen LogP contribution in [0.4, 0.5) is 0 Å². The standard InChI is InChI=1S/C26H32O3/c1-4-6-9-15-22-17-23(16-10-7-5-2)26(24(18-22)19-25(27)28-3)29-20-21-13-11-8-12-14-21/h8-18H,4-7,19-20H2,1-3H3/b15-9+,16-10+. The zero-order chi connectivity index (χ0) is 20.9. The van der Waals surface area contributed by atoms with Crippen LogP contribution in [0.2, 0.25) is 0 Å². The highest BCUT2D eigenvalue weighted by atomic mass is 16.5. The van der Waals surface area contributed by atoms with Crippen LogP contribution in [0.5, 0.6) is 5.75 Å². The summed E-state index contributed by atoms with van der Waals surface area (Å²) in [6.45, 7) is 4.77. The quantitative estimate of drug-likeness (QED) is 0.404. The van der Waals surface area contributed by atoms with Crippen molar-refractivity contribution in [3.8, 4) is 5.75 Å². The molecule has 0 N–H and O–H groups in total. The third kappa shape index (κ3) is 7.61. The van der Waals surface area contributed by atoms with Crippen LogP contribution in [0.1, 0.15) is 61.8 Å². The van der Waals surface area contributed by atoms with Gasteiger partial charge in [0.25, 0.3) is 0 Å². The molecule has 0 spiro atoms. The Hall–Kier alpha value is -2.81. The number of rotatable bonds is 11. The van der Waals surface area contributed by atoms with Crippen molar-refractivity contribution >= 4 is 18.1 Å². The maximum Gasteiger partial charge on any atom is 0.310 e. The first-order valence-electron chi connectivity index (χ1n) is 10.4. The lowest BCUT2D eigenvalue weighted by Crippen LogP contribution is -2.08. The van der Waals surface area contributed by atoms with Crippen molar-refractivity contribution in [3.63, 3.8) is 0 Å². The lowest BCUT2D eigenvalue weighted by Gasteiger charge is -2.16. The van der Waals surface area contributed by atoms with E-state index in [1.165, 1.54) is 7.11 Å². The first-order chi connectivity index (χ1) is 14.2. The normalized spacial score (nSPS) is 11.3. The third-order valence-corrected chi connectivity index (χ3v) is 4.52. The highest BCUT2D eigenvalue weighted by Crippen LogP contribution is 2.30. The van der Waals surface area contributed by atoms with Gasteiger partial charge in [0.15, 0.2) is 0 Å². The summed E-state index contributed by atoms with van der Waals surface area (Å²) in [5.74, 6) is 0.479. The van der Waals surface area contributed by atoms with E-state index in [1.54, 1.807) is 0 Å². The largest absolute Gasteiger partial charge is 0.488 e. The van der Waals surface area contributed by atoms with Gasteiger partial charge in [0, 0.05) is 11.1 Å². The molecule has 0 amide bonds. The SMILES string of the molecule is CCC/C=C/c1cc(/C=C/CCC)c(OCc2ccccc2)c(CC(=O)OC)c1. The number of carbonyl (C=O) groups excluding carboxylic acids is 1. The maximum absolute atomic E-state index is 12.0. The number of unbranched alkanes of at least 4 members (excludes halogenated alkanes) is 2. The van der Waals surface area contributed by atoms with Crippen molar-refractivity contribution in [1.82, 2.24) is 0 Å². The monoisotopic (exact) mass is 392 g/mol. The number of ether oxygens (including phenoxy) is 2. The number of esters is 1. The molecular weight excluding hydrogens is 360 g/mol. The summed E-state index contributed by atoms with van der Waals surface area (Å²) in [5.41, 5.74) is 4.00. The van der Waals surface area contributed by atoms with Gasteiger partial charge in [-0.15, -0.1) is 0 Å². The van der Waals surface area contributed by atoms with Crippen LogP contribution in [0.15, 0.2) is 54.6 Å². The average molecular weight is 393 g/mol. The molecular formula is C26H32O3. The number of carbonyl (C=O) groups is 1. The maximum atomic E-state index is 12.0. The van der Waals surface area contributed by atoms with Gasteiger partial charge in [-0.1, -0.05) is 81.3 Å². The summed E-state index contributed by atoms with van der Waals surface area (Å²) in [4.78, 5) is 12.0. The van der Waals surface area contributed by atoms with E-state index in [0.29, 0.717) is 6.61 Å². The Morgan fingerprint density at radius 2 is 1.66 bits per heavy atom. The van der Waals surface area contributed by atoms with Crippen molar-refractivity contribution in [2.75, 3.05) is 7.11 Å². The Balaban J connectivity index is 2.43. The molecule has 0 aliphatic heterocycles. The second-order valence-electron chi connectivity index (χ2n) is 7.01. The van der Waals surface area contributed by atoms with Gasteiger partial charge in [0.1, 0.15) is 12.4 Å². The fraction of sp³-hybridized carbons (Fsp3) is 0.346. The molecule has 0 aliphatic carbocycles. The summed E-state index contributed by atoms with van der Waals surface area (Å²) >= 11 is 0. The van der Waals surface area contributed by atoms with Gasteiger partial charge in [-0.25, -0.2) is 0 Å². The van der Waals surface area contributed by atoms with Gasteiger partial charge in [-0.05, 0) is 36.1 Å². The zero-order valence-corrected chi connectivity index (χ0v) is 17.8. The average Bonchev–Trinajstić information content (AvgIpc) is 2.74. The van der Waals surface area contributed by atoms with Gasteiger partial charge < -0.3 is 9.47 Å². The Kier molecular flexibility index (Phi) is 9.77. The summed E-state index contributed by atoms with van der Waals surface area (Å²) in [7, 11) is 1.42. The molecule has 0 saturated carbocycles. The van der Waals surface area contributed by atoms with E-state index >= 15 is 0 Å². The van der Waals surface area contributed by atoms with E-state index in [9.17, 15) is 4.79 Å². The van der Waals surface area contributed by atoms with Crippen molar-refractivity contribution < 1.29 is 14.3 Å². The van der Waals surface area contributed by atoms with Gasteiger partial charge >= 0.3 is 5.97 Å². The Labute approximate surface area is 175 Å². The van der Waals surface area contributed by atoms with Crippen molar-refractivity contribution in [2.24, 2.45) is 0 Å². The van der Waals surface area contributed by atoms with Gasteiger partial charge in [-0.3, -0.25) is 4.79 Å². The minimum Gasteiger partial charge on any atom is -0.488 e. The highest BCUT2D eigenvalue weighted by Gasteiger charge is 2.14. The van der Waals surface area contributed by atoms with E-state index in [0.717, 1.165) is 53.7 Å². The second kappa shape index (κ2) is 12.6. The first-order valence-corrected chi connectivity index (χ1v) is 10.4.